The fourth-order valence-electron chi connectivity index (χ4n) is 3.50. The van der Waals surface area contributed by atoms with Gasteiger partial charge in [0.05, 0.1) is 16.2 Å². The fraction of sp³-hybridized carbons (Fsp3) is 0.273. The topological polar surface area (TPSA) is 83.1 Å². The van der Waals surface area contributed by atoms with E-state index < -0.39 is 10.0 Å². The SMILES string of the molecule is CCc1ccc(-c2nc3c(c(=O)[nH]2)CN(S(=O)(=O)c2ccc(C)cc2)CC3)cc1. The summed E-state index contributed by atoms with van der Waals surface area (Å²) in [6, 6.07) is 14.7. The van der Waals surface area contributed by atoms with Gasteiger partial charge in [-0.15, -0.1) is 0 Å². The van der Waals surface area contributed by atoms with Crippen LogP contribution >= 0.6 is 0 Å². The van der Waals surface area contributed by atoms with Gasteiger partial charge in [0.1, 0.15) is 5.82 Å². The molecule has 1 aromatic heterocycles. The summed E-state index contributed by atoms with van der Waals surface area (Å²) >= 11 is 0. The molecule has 0 saturated heterocycles. The van der Waals surface area contributed by atoms with E-state index in [0.717, 1.165) is 17.5 Å². The van der Waals surface area contributed by atoms with Crippen LogP contribution in [0.15, 0.2) is 58.2 Å². The molecule has 6 nitrogen and oxygen atoms in total. The molecule has 0 unspecified atom stereocenters. The molecule has 7 heteroatoms. The molecule has 0 fully saturated rings. The predicted octanol–water partition coefficient (Wildman–Crippen LogP) is 3.05. The van der Waals surface area contributed by atoms with Crippen LogP contribution in [0.25, 0.3) is 11.4 Å². The third-order valence-electron chi connectivity index (χ3n) is 5.33. The Kier molecular flexibility index (Phi) is 5.10. The van der Waals surface area contributed by atoms with Crippen molar-refractivity contribution in [1.82, 2.24) is 14.3 Å². The largest absolute Gasteiger partial charge is 0.306 e. The van der Waals surface area contributed by atoms with Gasteiger partial charge in [-0.05, 0) is 31.0 Å². The first-order valence-electron chi connectivity index (χ1n) is 9.66. The van der Waals surface area contributed by atoms with Crippen LogP contribution in [0, 0.1) is 6.92 Å². The van der Waals surface area contributed by atoms with E-state index in [2.05, 4.69) is 16.9 Å². The zero-order valence-electron chi connectivity index (χ0n) is 16.5. The summed E-state index contributed by atoms with van der Waals surface area (Å²) in [7, 11) is -3.66. The Morgan fingerprint density at radius 3 is 2.41 bits per heavy atom. The molecule has 1 aliphatic heterocycles. The van der Waals surface area contributed by atoms with Crippen molar-refractivity contribution in [2.24, 2.45) is 0 Å². The Bertz CT molecular complexity index is 1200. The number of H-pyrrole nitrogens is 1. The smallest absolute Gasteiger partial charge is 0.255 e. The van der Waals surface area contributed by atoms with Crippen molar-refractivity contribution in [3.8, 4) is 11.4 Å². The zero-order valence-corrected chi connectivity index (χ0v) is 17.3. The van der Waals surface area contributed by atoms with E-state index in [0.29, 0.717) is 30.0 Å². The van der Waals surface area contributed by atoms with Crippen LogP contribution < -0.4 is 5.56 Å². The van der Waals surface area contributed by atoms with E-state index in [1.165, 1.54) is 9.87 Å². The lowest BCUT2D eigenvalue weighted by Gasteiger charge is -2.27. The lowest BCUT2D eigenvalue weighted by molar-refractivity contribution is 0.385. The average molecular weight is 410 g/mol. The molecule has 1 aliphatic rings. The molecule has 29 heavy (non-hydrogen) atoms. The maximum absolute atomic E-state index is 13.0. The van der Waals surface area contributed by atoms with Crippen LogP contribution in [0.2, 0.25) is 0 Å². The van der Waals surface area contributed by atoms with E-state index in [9.17, 15) is 13.2 Å². The minimum absolute atomic E-state index is 0.0307. The molecule has 3 aromatic rings. The number of nitrogens with one attached hydrogen (secondary N) is 1. The summed E-state index contributed by atoms with van der Waals surface area (Å²) in [5.41, 5.74) is 3.85. The van der Waals surface area contributed by atoms with Gasteiger partial charge < -0.3 is 4.98 Å². The summed E-state index contributed by atoms with van der Waals surface area (Å²) < 4.78 is 27.3. The quantitative estimate of drug-likeness (QED) is 0.718. The van der Waals surface area contributed by atoms with Gasteiger partial charge in [0.2, 0.25) is 10.0 Å². The standard InChI is InChI=1S/C22H23N3O3S/c1-3-16-6-8-17(9-7-16)21-23-20-12-13-25(14-19(20)22(26)24-21)29(27,28)18-10-4-15(2)5-11-18/h4-11H,3,12-14H2,1-2H3,(H,23,24,26). The number of hydrogen-bond acceptors (Lipinski definition) is 4. The summed E-state index contributed by atoms with van der Waals surface area (Å²) in [5.74, 6) is 0.520. The highest BCUT2D eigenvalue weighted by Gasteiger charge is 2.30. The van der Waals surface area contributed by atoms with Gasteiger partial charge in [0.25, 0.3) is 5.56 Å². The second kappa shape index (κ2) is 7.57. The van der Waals surface area contributed by atoms with Crippen LogP contribution in [0.5, 0.6) is 0 Å². The molecule has 0 saturated carbocycles. The van der Waals surface area contributed by atoms with Gasteiger partial charge in [-0.3, -0.25) is 4.79 Å². The Morgan fingerprint density at radius 1 is 1.07 bits per heavy atom. The number of nitrogens with zero attached hydrogens (tertiary/aromatic N) is 2. The minimum atomic E-state index is -3.66. The Hall–Kier alpha value is -2.77. The summed E-state index contributed by atoms with van der Waals surface area (Å²) in [5, 5.41) is 0. The van der Waals surface area contributed by atoms with Crippen molar-refractivity contribution in [3.63, 3.8) is 0 Å². The lowest BCUT2D eigenvalue weighted by atomic mass is 10.1. The van der Waals surface area contributed by atoms with Crippen LogP contribution in [-0.2, 0) is 29.4 Å². The van der Waals surface area contributed by atoms with Crippen LogP contribution in [0.1, 0.15) is 29.3 Å². The van der Waals surface area contributed by atoms with Crippen molar-refractivity contribution < 1.29 is 8.42 Å². The van der Waals surface area contributed by atoms with Crippen molar-refractivity contribution >= 4 is 10.0 Å². The molecule has 0 spiro atoms. The van der Waals surface area contributed by atoms with Crippen molar-refractivity contribution in [1.29, 1.82) is 0 Å². The summed E-state index contributed by atoms with van der Waals surface area (Å²) in [6.45, 7) is 4.33. The molecule has 0 aliphatic carbocycles. The third kappa shape index (κ3) is 3.75. The first-order valence-corrected chi connectivity index (χ1v) is 11.1. The number of sulfonamides is 1. The van der Waals surface area contributed by atoms with Gasteiger partial charge in [-0.1, -0.05) is 48.9 Å². The molecule has 150 valence electrons. The van der Waals surface area contributed by atoms with E-state index in [1.54, 1.807) is 24.3 Å². The van der Waals surface area contributed by atoms with E-state index in [4.69, 9.17) is 0 Å². The first kappa shape index (κ1) is 19.5. The molecule has 2 heterocycles. The number of aromatic amines is 1. The lowest BCUT2D eigenvalue weighted by Crippen LogP contribution is -2.39. The molecular formula is C22H23N3O3S. The van der Waals surface area contributed by atoms with Gasteiger partial charge in [0, 0.05) is 25.1 Å². The average Bonchev–Trinajstić information content (AvgIpc) is 2.74. The molecule has 4 rings (SSSR count). The zero-order chi connectivity index (χ0) is 20.6. The monoisotopic (exact) mass is 409 g/mol. The van der Waals surface area contributed by atoms with Crippen molar-refractivity contribution in [2.45, 2.75) is 38.1 Å². The van der Waals surface area contributed by atoms with E-state index in [1.807, 2.05) is 31.2 Å². The van der Waals surface area contributed by atoms with Crippen LogP contribution in [0.3, 0.4) is 0 Å². The van der Waals surface area contributed by atoms with Gasteiger partial charge >= 0.3 is 0 Å². The number of aromatic nitrogens is 2. The Labute approximate surface area is 170 Å². The molecule has 0 radical (unpaired) electrons. The number of hydrogen-bond donors (Lipinski definition) is 1. The van der Waals surface area contributed by atoms with E-state index >= 15 is 0 Å². The molecular weight excluding hydrogens is 386 g/mol. The van der Waals surface area contributed by atoms with E-state index in [-0.39, 0.29) is 17.0 Å². The molecule has 2 aromatic carbocycles. The maximum Gasteiger partial charge on any atom is 0.255 e. The van der Waals surface area contributed by atoms with Crippen molar-refractivity contribution in [3.05, 3.63) is 81.3 Å². The number of benzene rings is 2. The Morgan fingerprint density at radius 2 is 1.76 bits per heavy atom. The summed E-state index contributed by atoms with van der Waals surface area (Å²) in [6.07, 6.45) is 1.35. The van der Waals surface area contributed by atoms with Gasteiger partial charge in [-0.25, -0.2) is 13.4 Å². The second-order valence-corrected chi connectivity index (χ2v) is 9.23. The number of aryl methyl sites for hydroxylation is 2. The maximum atomic E-state index is 13.0. The predicted molar refractivity (Wildman–Crippen MR) is 112 cm³/mol. The number of fused-ring (bicyclic) bond motifs is 1. The highest BCUT2D eigenvalue weighted by atomic mass is 32.2. The first-order chi connectivity index (χ1) is 13.9. The third-order valence-corrected chi connectivity index (χ3v) is 7.19. The normalized spacial score (nSPS) is 14.6. The minimum Gasteiger partial charge on any atom is -0.306 e. The highest BCUT2D eigenvalue weighted by Crippen LogP contribution is 2.24. The molecule has 0 amide bonds. The second-order valence-electron chi connectivity index (χ2n) is 7.29. The summed E-state index contributed by atoms with van der Waals surface area (Å²) in [4.78, 5) is 20.4. The van der Waals surface area contributed by atoms with Gasteiger partial charge in [-0.2, -0.15) is 4.31 Å². The van der Waals surface area contributed by atoms with Gasteiger partial charge in [0.15, 0.2) is 0 Å². The van der Waals surface area contributed by atoms with Crippen molar-refractivity contribution in [2.75, 3.05) is 6.54 Å². The molecule has 0 bridgehead atoms. The van der Waals surface area contributed by atoms with Crippen LogP contribution in [-0.4, -0.2) is 29.2 Å². The molecule has 0 atom stereocenters. The highest BCUT2D eigenvalue weighted by molar-refractivity contribution is 7.89. The number of rotatable bonds is 4. The van der Waals surface area contributed by atoms with Crippen LogP contribution in [0.4, 0.5) is 0 Å². The fourth-order valence-corrected chi connectivity index (χ4v) is 4.91. The Balaban J connectivity index is 1.65. The molecule has 1 N–H and O–H groups in total.